The van der Waals surface area contributed by atoms with E-state index in [9.17, 15) is 4.79 Å². The van der Waals surface area contributed by atoms with Crippen LogP contribution in [0.25, 0.3) is 0 Å². The van der Waals surface area contributed by atoms with E-state index in [0.717, 1.165) is 11.3 Å². The molecule has 0 atom stereocenters. The van der Waals surface area contributed by atoms with Gasteiger partial charge in [-0.15, -0.1) is 0 Å². The Labute approximate surface area is 199 Å². The minimum Gasteiger partial charge on any atom is -0.490 e. The van der Waals surface area contributed by atoms with E-state index in [1.165, 1.54) is 0 Å². The molecule has 0 fully saturated rings. The van der Waals surface area contributed by atoms with Crippen molar-refractivity contribution >= 4 is 23.2 Å². The lowest BCUT2D eigenvalue weighted by molar-refractivity contribution is 0.0973. The zero-order valence-corrected chi connectivity index (χ0v) is 19.0. The number of nitrogens with one attached hydrogen (secondary N) is 1. The summed E-state index contributed by atoms with van der Waals surface area (Å²) in [6.07, 6.45) is 0.308. The summed E-state index contributed by atoms with van der Waals surface area (Å²) in [5.74, 6) is 1.12. The third kappa shape index (κ3) is 7.95. The van der Waals surface area contributed by atoms with Gasteiger partial charge in [-0.05, 0) is 54.2 Å². The first kappa shape index (κ1) is 23.8. The SMILES string of the molecule is N#CCCN(Cc1ccccc1)C(=S)NC(=O)c1ccc(OCCOc2ccccc2)cc1. The molecule has 0 saturated heterocycles. The molecule has 3 aromatic rings. The van der Waals surface area contributed by atoms with Crippen molar-refractivity contribution in [3.05, 3.63) is 96.1 Å². The Kier molecular flexibility index (Phi) is 9.25. The molecule has 168 valence electrons. The highest BCUT2D eigenvalue weighted by molar-refractivity contribution is 7.80. The second kappa shape index (κ2) is 12.8. The fourth-order valence-corrected chi connectivity index (χ4v) is 3.28. The average molecular weight is 460 g/mol. The molecule has 7 heteroatoms. The quantitative estimate of drug-likeness (QED) is 0.354. The number of thiocarbonyl (C=S) groups is 1. The number of rotatable bonds is 10. The Morgan fingerprint density at radius 3 is 2.06 bits per heavy atom. The topological polar surface area (TPSA) is 74.6 Å². The molecule has 0 aliphatic carbocycles. The number of amides is 1. The number of carbonyl (C=O) groups is 1. The molecule has 0 bridgehead atoms. The van der Waals surface area contributed by atoms with Crippen molar-refractivity contribution in [2.75, 3.05) is 19.8 Å². The molecule has 3 rings (SSSR count). The van der Waals surface area contributed by atoms with Crippen molar-refractivity contribution in [2.45, 2.75) is 13.0 Å². The van der Waals surface area contributed by atoms with E-state index in [2.05, 4.69) is 11.4 Å². The summed E-state index contributed by atoms with van der Waals surface area (Å²) < 4.78 is 11.3. The Morgan fingerprint density at radius 2 is 1.45 bits per heavy atom. The van der Waals surface area contributed by atoms with Gasteiger partial charge in [-0.1, -0.05) is 48.5 Å². The minimum absolute atomic E-state index is 0.289. The smallest absolute Gasteiger partial charge is 0.257 e. The molecule has 1 amide bonds. The Balaban J connectivity index is 1.49. The highest BCUT2D eigenvalue weighted by Gasteiger charge is 2.14. The first-order chi connectivity index (χ1) is 16.2. The van der Waals surface area contributed by atoms with Gasteiger partial charge in [-0.25, -0.2) is 0 Å². The number of hydrogen-bond acceptors (Lipinski definition) is 5. The first-order valence-corrected chi connectivity index (χ1v) is 11.0. The molecule has 0 spiro atoms. The fraction of sp³-hybridized carbons (Fsp3) is 0.192. The summed E-state index contributed by atoms with van der Waals surface area (Å²) in [5.41, 5.74) is 1.51. The Hall–Kier alpha value is -3.89. The molecule has 0 aliphatic heterocycles. The van der Waals surface area contributed by atoms with Crippen LogP contribution in [0.2, 0.25) is 0 Å². The monoisotopic (exact) mass is 459 g/mol. The Morgan fingerprint density at radius 1 is 0.879 bits per heavy atom. The normalized spacial score (nSPS) is 10.0. The minimum atomic E-state index is -0.311. The summed E-state index contributed by atoms with van der Waals surface area (Å²) in [7, 11) is 0. The number of nitrogens with zero attached hydrogens (tertiary/aromatic N) is 2. The van der Waals surface area contributed by atoms with E-state index < -0.39 is 0 Å². The highest BCUT2D eigenvalue weighted by Crippen LogP contribution is 2.13. The maximum Gasteiger partial charge on any atom is 0.257 e. The van der Waals surface area contributed by atoms with Crippen molar-refractivity contribution in [2.24, 2.45) is 0 Å². The standard InChI is InChI=1S/C26H25N3O3S/c27-16-7-17-29(20-21-8-3-1-4-9-21)26(33)28-25(30)22-12-14-24(15-13-22)32-19-18-31-23-10-5-2-6-11-23/h1-6,8-15H,7,17-20H2,(H,28,30,33). The molecule has 0 heterocycles. The fourth-order valence-electron chi connectivity index (χ4n) is 3.03. The van der Waals surface area contributed by atoms with Crippen LogP contribution in [-0.2, 0) is 6.54 Å². The molecule has 0 saturated carbocycles. The van der Waals surface area contributed by atoms with E-state index in [1.807, 2.05) is 65.6 Å². The molecule has 33 heavy (non-hydrogen) atoms. The van der Waals surface area contributed by atoms with Crippen LogP contribution >= 0.6 is 12.2 Å². The van der Waals surface area contributed by atoms with Gasteiger partial charge in [0.05, 0.1) is 12.5 Å². The van der Waals surface area contributed by atoms with Gasteiger partial charge in [0.15, 0.2) is 5.11 Å². The van der Waals surface area contributed by atoms with Crippen LogP contribution in [0.15, 0.2) is 84.9 Å². The van der Waals surface area contributed by atoms with Crippen LogP contribution in [0.4, 0.5) is 0 Å². The van der Waals surface area contributed by atoms with Gasteiger partial charge in [0.25, 0.3) is 5.91 Å². The predicted molar refractivity (Wildman–Crippen MR) is 131 cm³/mol. The van der Waals surface area contributed by atoms with E-state index in [4.69, 9.17) is 27.0 Å². The van der Waals surface area contributed by atoms with Gasteiger partial charge < -0.3 is 14.4 Å². The molecule has 0 aliphatic rings. The van der Waals surface area contributed by atoms with Crippen LogP contribution in [-0.4, -0.2) is 35.7 Å². The third-order valence-electron chi connectivity index (χ3n) is 4.70. The van der Waals surface area contributed by atoms with E-state index >= 15 is 0 Å². The molecule has 0 aromatic heterocycles. The summed E-state index contributed by atoms with van der Waals surface area (Å²) in [5, 5.41) is 12.0. The van der Waals surface area contributed by atoms with Crippen molar-refractivity contribution in [3.8, 4) is 17.6 Å². The number of nitriles is 1. The van der Waals surface area contributed by atoms with Crippen LogP contribution < -0.4 is 14.8 Å². The molecule has 6 nitrogen and oxygen atoms in total. The van der Waals surface area contributed by atoms with Gasteiger partial charge in [-0.3, -0.25) is 10.1 Å². The maximum atomic E-state index is 12.7. The molecular formula is C26H25N3O3S. The van der Waals surface area contributed by atoms with Crippen molar-refractivity contribution in [1.82, 2.24) is 10.2 Å². The molecular weight excluding hydrogens is 434 g/mol. The zero-order chi connectivity index (χ0) is 23.3. The highest BCUT2D eigenvalue weighted by atomic mass is 32.1. The lowest BCUT2D eigenvalue weighted by Crippen LogP contribution is -2.42. The number of hydrogen-bond donors (Lipinski definition) is 1. The molecule has 0 radical (unpaired) electrons. The lowest BCUT2D eigenvalue weighted by Gasteiger charge is -2.24. The second-order valence-electron chi connectivity index (χ2n) is 7.11. The number of ether oxygens (including phenoxy) is 2. The maximum absolute atomic E-state index is 12.7. The first-order valence-electron chi connectivity index (χ1n) is 10.6. The predicted octanol–water partition coefficient (Wildman–Crippen LogP) is 4.57. The summed E-state index contributed by atoms with van der Waals surface area (Å²) in [6.45, 7) is 1.75. The van der Waals surface area contributed by atoms with Gasteiger partial charge in [-0.2, -0.15) is 5.26 Å². The number of carbonyl (C=O) groups excluding carboxylic acids is 1. The third-order valence-corrected chi connectivity index (χ3v) is 5.06. The van der Waals surface area contributed by atoms with Gasteiger partial charge in [0.1, 0.15) is 24.7 Å². The van der Waals surface area contributed by atoms with Gasteiger partial charge >= 0.3 is 0 Å². The van der Waals surface area contributed by atoms with Crippen molar-refractivity contribution in [3.63, 3.8) is 0 Å². The largest absolute Gasteiger partial charge is 0.490 e. The van der Waals surface area contributed by atoms with Crippen LogP contribution in [0.5, 0.6) is 11.5 Å². The zero-order valence-electron chi connectivity index (χ0n) is 18.1. The number of benzene rings is 3. The molecule has 0 unspecified atom stereocenters. The van der Waals surface area contributed by atoms with Gasteiger partial charge in [0, 0.05) is 18.7 Å². The van der Waals surface area contributed by atoms with Crippen LogP contribution in [0, 0.1) is 11.3 Å². The van der Waals surface area contributed by atoms with E-state index in [-0.39, 0.29) is 11.0 Å². The van der Waals surface area contributed by atoms with Gasteiger partial charge in [0.2, 0.25) is 0 Å². The average Bonchev–Trinajstić information content (AvgIpc) is 2.86. The molecule has 1 N–H and O–H groups in total. The summed E-state index contributed by atoms with van der Waals surface area (Å²) in [4.78, 5) is 14.5. The van der Waals surface area contributed by atoms with E-state index in [0.29, 0.717) is 44.0 Å². The summed E-state index contributed by atoms with van der Waals surface area (Å²) in [6, 6.07) is 28.3. The lowest BCUT2D eigenvalue weighted by atomic mass is 10.2. The summed E-state index contributed by atoms with van der Waals surface area (Å²) >= 11 is 5.45. The van der Waals surface area contributed by atoms with Crippen LogP contribution in [0.1, 0.15) is 22.3 Å². The second-order valence-corrected chi connectivity index (χ2v) is 7.50. The Bertz CT molecular complexity index is 1070. The van der Waals surface area contributed by atoms with E-state index in [1.54, 1.807) is 24.3 Å². The van der Waals surface area contributed by atoms with Crippen molar-refractivity contribution in [1.29, 1.82) is 5.26 Å². The number of para-hydroxylation sites is 1. The van der Waals surface area contributed by atoms with Crippen LogP contribution in [0.3, 0.4) is 0 Å². The molecule has 3 aromatic carbocycles. The van der Waals surface area contributed by atoms with Crippen molar-refractivity contribution < 1.29 is 14.3 Å².